The van der Waals surface area contributed by atoms with Gasteiger partial charge in [0.25, 0.3) is 5.56 Å². The van der Waals surface area contributed by atoms with Crippen molar-refractivity contribution in [2.75, 3.05) is 12.9 Å². The molecule has 158 valence electrons. The predicted molar refractivity (Wildman–Crippen MR) is 110 cm³/mol. The van der Waals surface area contributed by atoms with Crippen LogP contribution < -0.4 is 5.56 Å². The molecule has 0 N–H and O–H groups in total. The van der Waals surface area contributed by atoms with Crippen molar-refractivity contribution in [3.8, 4) is 5.69 Å². The number of esters is 1. The molecule has 10 heteroatoms. The molecule has 1 aliphatic rings. The number of halogens is 3. The molecular weight excluding hydrogens is 437 g/mol. The van der Waals surface area contributed by atoms with Gasteiger partial charge in [-0.2, -0.15) is 13.2 Å². The molecule has 30 heavy (non-hydrogen) atoms. The van der Waals surface area contributed by atoms with E-state index in [0.717, 1.165) is 60.0 Å². The van der Waals surface area contributed by atoms with Gasteiger partial charge in [0.05, 0.1) is 29.5 Å². The summed E-state index contributed by atoms with van der Waals surface area (Å²) in [5.41, 5.74) is -0.259. The van der Waals surface area contributed by atoms with Crippen molar-refractivity contribution in [1.82, 2.24) is 9.55 Å². The van der Waals surface area contributed by atoms with E-state index in [-0.39, 0.29) is 16.6 Å². The van der Waals surface area contributed by atoms with E-state index in [1.165, 1.54) is 35.1 Å². The fraction of sp³-hybridized carbons (Fsp3) is 0.350. The number of thiophene rings is 1. The van der Waals surface area contributed by atoms with Crippen LogP contribution in [-0.2, 0) is 28.5 Å². The Hall–Kier alpha value is -2.33. The maximum Gasteiger partial charge on any atom is 0.416 e. The Bertz CT molecular complexity index is 1180. The molecule has 0 bridgehead atoms. The molecule has 5 nitrogen and oxygen atoms in total. The Morgan fingerprint density at radius 1 is 1.30 bits per heavy atom. The summed E-state index contributed by atoms with van der Waals surface area (Å²) in [6, 6.07) is 4.57. The third kappa shape index (κ3) is 3.85. The molecule has 3 aromatic rings. The second kappa shape index (κ2) is 8.07. The smallest absolute Gasteiger partial charge is 0.416 e. The Kier molecular flexibility index (Phi) is 5.63. The van der Waals surface area contributed by atoms with Gasteiger partial charge in [-0.1, -0.05) is 17.8 Å². The molecule has 0 atom stereocenters. The van der Waals surface area contributed by atoms with Crippen molar-refractivity contribution in [2.45, 2.75) is 37.0 Å². The first kappa shape index (κ1) is 20.9. The highest BCUT2D eigenvalue weighted by Gasteiger charge is 2.31. The lowest BCUT2D eigenvalue weighted by Crippen LogP contribution is -2.23. The summed E-state index contributed by atoms with van der Waals surface area (Å²) >= 11 is 2.41. The van der Waals surface area contributed by atoms with Gasteiger partial charge >= 0.3 is 12.1 Å². The average Bonchev–Trinajstić information content (AvgIpc) is 3.10. The second-order valence-electron chi connectivity index (χ2n) is 6.84. The average molecular weight is 454 g/mol. The molecule has 4 rings (SSSR count). The number of benzene rings is 1. The topological polar surface area (TPSA) is 61.2 Å². The van der Waals surface area contributed by atoms with Crippen molar-refractivity contribution in [3.05, 3.63) is 50.6 Å². The van der Waals surface area contributed by atoms with Crippen LogP contribution in [0, 0.1) is 0 Å². The van der Waals surface area contributed by atoms with E-state index < -0.39 is 23.3 Å². The van der Waals surface area contributed by atoms with Crippen molar-refractivity contribution < 1.29 is 22.7 Å². The molecule has 2 heterocycles. The standard InChI is InChI=1S/C20H17F3N2O3S2/c1-28-15(26)10-29-19-24-17-16(13-7-2-3-8-14(13)30-17)18(27)25(19)12-6-4-5-11(9-12)20(21,22)23/h4-6,9H,2-3,7-8,10H2,1H3. The first-order valence-electron chi connectivity index (χ1n) is 9.24. The van der Waals surface area contributed by atoms with Gasteiger partial charge in [0, 0.05) is 4.88 Å². The van der Waals surface area contributed by atoms with Gasteiger partial charge in [0.1, 0.15) is 4.83 Å². The van der Waals surface area contributed by atoms with Gasteiger partial charge in [-0.15, -0.1) is 11.3 Å². The number of methoxy groups -OCH3 is 1. The summed E-state index contributed by atoms with van der Waals surface area (Å²) in [7, 11) is 1.24. The van der Waals surface area contributed by atoms with Crippen LogP contribution in [-0.4, -0.2) is 28.4 Å². The first-order valence-corrected chi connectivity index (χ1v) is 11.0. The summed E-state index contributed by atoms with van der Waals surface area (Å²) in [6.45, 7) is 0. The van der Waals surface area contributed by atoms with Gasteiger partial charge in [0.15, 0.2) is 5.16 Å². The zero-order chi connectivity index (χ0) is 21.5. The zero-order valence-corrected chi connectivity index (χ0v) is 17.5. The van der Waals surface area contributed by atoms with Gasteiger partial charge in [-0.05, 0) is 49.4 Å². The molecule has 0 amide bonds. The van der Waals surface area contributed by atoms with Crippen LogP contribution in [0.5, 0.6) is 0 Å². The lowest BCUT2D eigenvalue weighted by atomic mass is 9.97. The maximum absolute atomic E-state index is 13.5. The lowest BCUT2D eigenvalue weighted by molar-refractivity contribution is -0.138. The zero-order valence-electron chi connectivity index (χ0n) is 15.9. The number of nitrogens with zero attached hydrogens (tertiary/aromatic N) is 2. The van der Waals surface area contributed by atoms with E-state index in [2.05, 4.69) is 9.72 Å². The van der Waals surface area contributed by atoms with E-state index in [4.69, 9.17) is 0 Å². The predicted octanol–water partition coefficient (Wildman–Crippen LogP) is 4.61. The minimum Gasteiger partial charge on any atom is -0.468 e. The SMILES string of the molecule is COC(=O)CSc1nc2sc3c(c2c(=O)n1-c1cccc(C(F)(F)F)c1)CCCC3. The summed E-state index contributed by atoms with van der Waals surface area (Å²) in [5.74, 6) is -0.631. The summed E-state index contributed by atoms with van der Waals surface area (Å²) in [5, 5.41) is 0.630. The van der Waals surface area contributed by atoms with Crippen LogP contribution in [0.3, 0.4) is 0 Å². The van der Waals surface area contributed by atoms with Crippen LogP contribution in [0.2, 0.25) is 0 Å². The number of rotatable bonds is 4. The van der Waals surface area contributed by atoms with Crippen LogP contribution in [0.1, 0.15) is 28.8 Å². The molecular formula is C20H17F3N2O3S2. The number of carbonyl (C=O) groups is 1. The van der Waals surface area contributed by atoms with E-state index in [0.29, 0.717) is 10.2 Å². The normalized spacial score (nSPS) is 14.0. The Morgan fingerprint density at radius 2 is 2.07 bits per heavy atom. The molecule has 0 radical (unpaired) electrons. The number of thioether (sulfide) groups is 1. The summed E-state index contributed by atoms with van der Waals surface area (Å²) in [4.78, 5) is 31.3. The van der Waals surface area contributed by atoms with Gasteiger partial charge < -0.3 is 4.74 Å². The van der Waals surface area contributed by atoms with Gasteiger partial charge in [-0.25, -0.2) is 4.98 Å². The molecule has 0 fully saturated rings. The molecule has 0 spiro atoms. The second-order valence-corrected chi connectivity index (χ2v) is 8.87. The number of hydrogen-bond donors (Lipinski definition) is 0. The fourth-order valence-corrected chi connectivity index (χ4v) is 5.66. The fourth-order valence-electron chi connectivity index (χ4n) is 3.51. The molecule has 0 unspecified atom stereocenters. The third-order valence-electron chi connectivity index (χ3n) is 4.94. The molecule has 0 aliphatic heterocycles. The lowest BCUT2D eigenvalue weighted by Gasteiger charge is -2.15. The largest absolute Gasteiger partial charge is 0.468 e. The van der Waals surface area contributed by atoms with Crippen molar-refractivity contribution in [3.63, 3.8) is 0 Å². The minimum atomic E-state index is -4.54. The highest BCUT2D eigenvalue weighted by Crippen LogP contribution is 2.36. The number of aromatic nitrogens is 2. The molecule has 2 aromatic heterocycles. The van der Waals surface area contributed by atoms with E-state index in [1.54, 1.807) is 0 Å². The van der Waals surface area contributed by atoms with E-state index >= 15 is 0 Å². The Balaban J connectivity index is 1.94. The van der Waals surface area contributed by atoms with Crippen molar-refractivity contribution >= 4 is 39.3 Å². The quantitative estimate of drug-likeness (QED) is 0.327. The van der Waals surface area contributed by atoms with Gasteiger partial charge in [-0.3, -0.25) is 14.2 Å². The van der Waals surface area contributed by atoms with Crippen LogP contribution in [0.4, 0.5) is 13.2 Å². The molecule has 0 saturated carbocycles. The molecule has 1 aliphatic carbocycles. The van der Waals surface area contributed by atoms with Crippen molar-refractivity contribution in [1.29, 1.82) is 0 Å². The minimum absolute atomic E-state index is 0.0624. The number of ether oxygens (including phenoxy) is 1. The van der Waals surface area contributed by atoms with Crippen LogP contribution in [0.25, 0.3) is 15.9 Å². The third-order valence-corrected chi connectivity index (χ3v) is 7.03. The Morgan fingerprint density at radius 3 is 2.80 bits per heavy atom. The van der Waals surface area contributed by atoms with Crippen LogP contribution in [0.15, 0.2) is 34.2 Å². The maximum atomic E-state index is 13.5. The van der Waals surface area contributed by atoms with Crippen LogP contribution >= 0.6 is 23.1 Å². The monoisotopic (exact) mass is 454 g/mol. The number of alkyl halides is 3. The number of carbonyl (C=O) groups excluding carboxylic acids is 1. The number of fused-ring (bicyclic) bond motifs is 3. The summed E-state index contributed by atoms with van der Waals surface area (Å²) < 4.78 is 45.6. The van der Waals surface area contributed by atoms with E-state index in [1.807, 2.05) is 0 Å². The molecule has 1 aromatic carbocycles. The van der Waals surface area contributed by atoms with Gasteiger partial charge in [0.2, 0.25) is 0 Å². The summed E-state index contributed by atoms with van der Waals surface area (Å²) in [6.07, 6.45) is -0.933. The Labute approximate surface area is 177 Å². The highest BCUT2D eigenvalue weighted by atomic mass is 32.2. The highest BCUT2D eigenvalue weighted by molar-refractivity contribution is 7.99. The van der Waals surface area contributed by atoms with E-state index in [9.17, 15) is 22.8 Å². The first-order chi connectivity index (χ1) is 14.3. The van der Waals surface area contributed by atoms with Crippen molar-refractivity contribution in [2.24, 2.45) is 0 Å². The number of aryl methyl sites for hydroxylation is 2. The molecule has 0 saturated heterocycles. The number of hydrogen-bond acceptors (Lipinski definition) is 6.